The molecule has 0 saturated carbocycles. The van der Waals surface area contributed by atoms with Crippen LogP contribution in [0.5, 0.6) is 0 Å². The van der Waals surface area contributed by atoms with Crippen molar-refractivity contribution in [3.05, 3.63) is 0 Å². The standard InChI is InChI=1S/C11H23N3O/c1-3-4-10(12)9-11(15)14-7-5-13(2)6-8-14/h10H,3-9,12H2,1-2H3. The van der Waals surface area contributed by atoms with Crippen LogP contribution in [0.25, 0.3) is 0 Å². The molecule has 0 aromatic carbocycles. The Kier molecular flexibility index (Phi) is 5.05. The van der Waals surface area contributed by atoms with Gasteiger partial charge in [0.05, 0.1) is 0 Å². The molecule has 1 amide bonds. The summed E-state index contributed by atoms with van der Waals surface area (Å²) in [5.74, 6) is 0.226. The summed E-state index contributed by atoms with van der Waals surface area (Å²) in [5, 5.41) is 0. The van der Waals surface area contributed by atoms with E-state index in [0.29, 0.717) is 6.42 Å². The summed E-state index contributed by atoms with van der Waals surface area (Å²) in [7, 11) is 2.09. The van der Waals surface area contributed by atoms with Crippen molar-refractivity contribution >= 4 is 5.91 Å². The molecule has 1 unspecified atom stereocenters. The lowest BCUT2D eigenvalue weighted by Crippen LogP contribution is -2.48. The molecule has 0 aromatic rings. The predicted octanol–water partition coefficient (Wildman–Crippen LogP) is 0.278. The summed E-state index contributed by atoms with van der Waals surface area (Å²) in [6.45, 7) is 5.77. The molecular weight excluding hydrogens is 190 g/mol. The summed E-state index contributed by atoms with van der Waals surface area (Å²) < 4.78 is 0. The Balaban J connectivity index is 2.27. The maximum atomic E-state index is 11.8. The highest BCUT2D eigenvalue weighted by Crippen LogP contribution is 2.05. The van der Waals surface area contributed by atoms with Gasteiger partial charge in [0.2, 0.25) is 5.91 Å². The zero-order chi connectivity index (χ0) is 11.3. The first-order valence-electron chi connectivity index (χ1n) is 5.85. The summed E-state index contributed by atoms with van der Waals surface area (Å²) >= 11 is 0. The first-order valence-corrected chi connectivity index (χ1v) is 5.85. The molecule has 0 spiro atoms. The van der Waals surface area contributed by atoms with Gasteiger partial charge in [0.25, 0.3) is 0 Å². The van der Waals surface area contributed by atoms with Gasteiger partial charge in [-0.3, -0.25) is 4.79 Å². The highest BCUT2D eigenvalue weighted by molar-refractivity contribution is 5.76. The number of carbonyl (C=O) groups excluding carboxylic acids is 1. The quantitative estimate of drug-likeness (QED) is 0.729. The molecule has 15 heavy (non-hydrogen) atoms. The second-order valence-corrected chi connectivity index (χ2v) is 4.44. The predicted molar refractivity (Wildman–Crippen MR) is 61.6 cm³/mol. The fourth-order valence-corrected chi connectivity index (χ4v) is 1.88. The largest absolute Gasteiger partial charge is 0.340 e. The Hall–Kier alpha value is -0.610. The number of rotatable bonds is 4. The van der Waals surface area contributed by atoms with Gasteiger partial charge < -0.3 is 15.5 Å². The van der Waals surface area contributed by atoms with Crippen molar-refractivity contribution in [2.75, 3.05) is 33.2 Å². The van der Waals surface area contributed by atoms with Gasteiger partial charge in [-0.1, -0.05) is 13.3 Å². The number of nitrogens with zero attached hydrogens (tertiary/aromatic N) is 2. The molecular formula is C11H23N3O. The van der Waals surface area contributed by atoms with E-state index >= 15 is 0 Å². The summed E-state index contributed by atoms with van der Waals surface area (Å²) in [5.41, 5.74) is 5.86. The third-order valence-corrected chi connectivity index (χ3v) is 2.95. The molecule has 0 radical (unpaired) electrons. The average molecular weight is 213 g/mol. The molecule has 1 aliphatic rings. The number of nitrogens with two attached hydrogens (primary N) is 1. The molecule has 4 heteroatoms. The minimum atomic E-state index is 0.0437. The van der Waals surface area contributed by atoms with E-state index in [-0.39, 0.29) is 11.9 Å². The van der Waals surface area contributed by atoms with Gasteiger partial charge in [-0.05, 0) is 13.5 Å². The summed E-state index contributed by atoms with van der Waals surface area (Å²) in [6.07, 6.45) is 2.51. The van der Waals surface area contributed by atoms with Crippen molar-refractivity contribution < 1.29 is 4.79 Å². The van der Waals surface area contributed by atoms with Gasteiger partial charge in [0.15, 0.2) is 0 Å². The van der Waals surface area contributed by atoms with E-state index in [9.17, 15) is 4.79 Å². The van der Waals surface area contributed by atoms with E-state index in [4.69, 9.17) is 5.73 Å². The van der Waals surface area contributed by atoms with Crippen LogP contribution in [0.2, 0.25) is 0 Å². The second-order valence-electron chi connectivity index (χ2n) is 4.44. The maximum absolute atomic E-state index is 11.8. The van der Waals surface area contributed by atoms with Crippen LogP contribution in [0.15, 0.2) is 0 Å². The second kappa shape index (κ2) is 6.08. The van der Waals surface area contributed by atoms with Crippen molar-refractivity contribution in [2.45, 2.75) is 32.2 Å². The van der Waals surface area contributed by atoms with Crippen LogP contribution in [0.3, 0.4) is 0 Å². The van der Waals surface area contributed by atoms with Gasteiger partial charge in [-0.2, -0.15) is 0 Å². The number of hydrogen-bond acceptors (Lipinski definition) is 3. The molecule has 1 heterocycles. The maximum Gasteiger partial charge on any atom is 0.224 e. The van der Waals surface area contributed by atoms with E-state index < -0.39 is 0 Å². The van der Waals surface area contributed by atoms with E-state index in [1.54, 1.807) is 0 Å². The van der Waals surface area contributed by atoms with Crippen LogP contribution in [-0.2, 0) is 4.79 Å². The third-order valence-electron chi connectivity index (χ3n) is 2.95. The number of likely N-dealkylation sites (N-methyl/N-ethyl adjacent to an activating group) is 1. The molecule has 1 fully saturated rings. The Morgan fingerprint density at radius 3 is 2.47 bits per heavy atom. The molecule has 1 atom stereocenters. The lowest BCUT2D eigenvalue weighted by atomic mass is 10.1. The highest BCUT2D eigenvalue weighted by Gasteiger charge is 2.20. The minimum Gasteiger partial charge on any atom is -0.340 e. The molecule has 1 aliphatic heterocycles. The Morgan fingerprint density at radius 1 is 1.33 bits per heavy atom. The molecule has 1 rings (SSSR count). The molecule has 88 valence electrons. The Bertz CT molecular complexity index is 200. The van der Waals surface area contributed by atoms with E-state index in [2.05, 4.69) is 18.9 Å². The van der Waals surface area contributed by atoms with E-state index in [1.807, 2.05) is 4.90 Å². The smallest absolute Gasteiger partial charge is 0.224 e. The van der Waals surface area contributed by atoms with Crippen LogP contribution in [0.1, 0.15) is 26.2 Å². The SMILES string of the molecule is CCCC(N)CC(=O)N1CCN(C)CC1. The molecule has 0 bridgehead atoms. The molecule has 4 nitrogen and oxygen atoms in total. The van der Waals surface area contributed by atoms with Crippen molar-refractivity contribution in [3.8, 4) is 0 Å². The average Bonchev–Trinajstić information content (AvgIpc) is 2.18. The fourth-order valence-electron chi connectivity index (χ4n) is 1.88. The van der Waals surface area contributed by atoms with Crippen LogP contribution in [0.4, 0.5) is 0 Å². The molecule has 1 saturated heterocycles. The number of carbonyl (C=O) groups is 1. The van der Waals surface area contributed by atoms with Gasteiger partial charge in [0, 0.05) is 38.6 Å². The highest BCUT2D eigenvalue weighted by atomic mass is 16.2. The minimum absolute atomic E-state index is 0.0437. The van der Waals surface area contributed by atoms with E-state index in [0.717, 1.165) is 39.0 Å². The van der Waals surface area contributed by atoms with Crippen LogP contribution >= 0.6 is 0 Å². The van der Waals surface area contributed by atoms with Crippen molar-refractivity contribution in [2.24, 2.45) is 5.73 Å². The van der Waals surface area contributed by atoms with Gasteiger partial charge in [-0.15, -0.1) is 0 Å². The van der Waals surface area contributed by atoms with Crippen molar-refractivity contribution in [3.63, 3.8) is 0 Å². The number of piperazine rings is 1. The van der Waals surface area contributed by atoms with Crippen LogP contribution in [-0.4, -0.2) is 55.0 Å². The topological polar surface area (TPSA) is 49.6 Å². The first kappa shape index (κ1) is 12.5. The lowest BCUT2D eigenvalue weighted by Gasteiger charge is -2.33. The van der Waals surface area contributed by atoms with Crippen molar-refractivity contribution in [1.29, 1.82) is 0 Å². The van der Waals surface area contributed by atoms with Crippen LogP contribution in [0, 0.1) is 0 Å². The summed E-state index contributed by atoms with van der Waals surface area (Å²) in [6, 6.07) is 0.0437. The Labute approximate surface area is 92.4 Å². The fraction of sp³-hybridized carbons (Fsp3) is 0.909. The van der Waals surface area contributed by atoms with Gasteiger partial charge in [-0.25, -0.2) is 0 Å². The zero-order valence-electron chi connectivity index (χ0n) is 9.91. The van der Waals surface area contributed by atoms with Gasteiger partial charge >= 0.3 is 0 Å². The van der Waals surface area contributed by atoms with Crippen LogP contribution < -0.4 is 5.73 Å². The van der Waals surface area contributed by atoms with E-state index in [1.165, 1.54) is 0 Å². The van der Waals surface area contributed by atoms with Crippen molar-refractivity contribution in [1.82, 2.24) is 9.80 Å². The molecule has 0 aromatic heterocycles. The Morgan fingerprint density at radius 2 is 1.93 bits per heavy atom. The molecule has 2 N–H and O–H groups in total. The molecule has 0 aliphatic carbocycles. The third kappa shape index (κ3) is 4.18. The lowest BCUT2D eigenvalue weighted by molar-refractivity contribution is -0.133. The monoisotopic (exact) mass is 213 g/mol. The van der Waals surface area contributed by atoms with Gasteiger partial charge in [0.1, 0.15) is 0 Å². The summed E-state index contributed by atoms with van der Waals surface area (Å²) in [4.78, 5) is 16.0. The normalized spacial score (nSPS) is 20.3. The first-order chi connectivity index (χ1) is 7.13. The number of amides is 1. The zero-order valence-corrected chi connectivity index (χ0v) is 9.91. The number of hydrogen-bond donors (Lipinski definition) is 1.